The summed E-state index contributed by atoms with van der Waals surface area (Å²) in [6.45, 7) is 1.70. The van der Waals surface area contributed by atoms with Gasteiger partial charge in [0.05, 0.1) is 0 Å². The third-order valence-electron chi connectivity index (χ3n) is 2.78. The molecule has 2 atom stereocenters. The Morgan fingerprint density at radius 1 is 1.62 bits per heavy atom. The third-order valence-corrected chi connectivity index (χ3v) is 2.78. The van der Waals surface area contributed by atoms with Gasteiger partial charge in [0.1, 0.15) is 12.1 Å². The number of hydrogen-bond acceptors (Lipinski definition) is 3. The zero-order valence-corrected chi connectivity index (χ0v) is 9.40. The molecular formula is C10H16N2O4. The van der Waals surface area contributed by atoms with Crippen molar-refractivity contribution >= 4 is 17.8 Å². The number of aliphatic carboxylic acids is 1. The Morgan fingerprint density at radius 3 is 2.62 bits per heavy atom. The summed E-state index contributed by atoms with van der Waals surface area (Å²) in [5.41, 5.74) is 0. The zero-order chi connectivity index (χ0) is 12.3. The van der Waals surface area contributed by atoms with Gasteiger partial charge in [0.15, 0.2) is 0 Å². The fourth-order valence-electron chi connectivity index (χ4n) is 1.81. The molecule has 6 nitrogen and oxygen atoms in total. The Labute approximate surface area is 93.6 Å². The van der Waals surface area contributed by atoms with Crippen molar-refractivity contribution in [1.82, 2.24) is 10.2 Å². The molecule has 1 unspecified atom stereocenters. The van der Waals surface area contributed by atoms with Gasteiger partial charge < -0.3 is 15.3 Å². The molecule has 90 valence electrons. The average molecular weight is 228 g/mol. The Balaban J connectivity index is 2.65. The number of carboxylic acids is 1. The largest absolute Gasteiger partial charge is 0.480 e. The van der Waals surface area contributed by atoms with Gasteiger partial charge in [0.25, 0.3) is 0 Å². The predicted octanol–water partition coefficient (Wildman–Crippen LogP) is -0.413. The summed E-state index contributed by atoms with van der Waals surface area (Å²) in [7, 11) is 1.45. The standard InChI is InChI=1S/C10H16N2O4/c1-3-7(10(15)16)12(2)9(14)6-4-5-8(13)11-6/h6-7H,3-5H2,1-2H3,(H,11,13)(H,15,16)/t6-,7?/m1/s1. The molecule has 1 fully saturated rings. The number of nitrogens with zero attached hydrogens (tertiary/aromatic N) is 1. The van der Waals surface area contributed by atoms with E-state index in [2.05, 4.69) is 5.32 Å². The van der Waals surface area contributed by atoms with Gasteiger partial charge in [-0.25, -0.2) is 4.79 Å². The summed E-state index contributed by atoms with van der Waals surface area (Å²) in [5, 5.41) is 11.4. The maximum atomic E-state index is 11.8. The molecule has 1 aliphatic rings. The van der Waals surface area contributed by atoms with Crippen LogP contribution in [0.5, 0.6) is 0 Å². The summed E-state index contributed by atoms with van der Waals surface area (Å²) in [6.07, 6.45) is 1.12. The molecule has 0 aliphatic carbocycles. The number of hydrogen-bond donors (Lipinski definition) is 2. The highest BCUT2D eigenvalue weighted by atomic mass is 16.4. The molecule has 2 amide bonds. The number of carbonyl (C=O) groups is 3. The van der Waals surface area contributed by atoms with Crippen LogP contribution in [0.3, 0.4) is 0 Å². The Hall–Kier alpha value is -1.59. The maximum Gasteiger partial charge on any atom is 0.326 e. The van der Waals surface area contributed by atoms with Crippen molar-refractivity contribution in [3.05, 3.63) is 0 Å². The molecule has 0 aromatic heterocycles. The average Bonchev–Trinajstić information content (AvgIpc) is 2.64. The van der Waals surface area contributed by atoms with E-state index in [1.54, 1.807) is 6.92 Å². The lowest BCUT2D eigenvalue weighted by Crippen LogP contribution is -2.49. The van der Waals surface area contributed by atoms with Crippen LogP contribution in [0.2, 0.25) is 0 Å². The van der Waals surface area contributed by atoms with Crippen LogP contribution in [0.25, 0.3) is 0 Å². The molecule has 1 rings (SSSR count). The van der Waals surface area contributed by atoms with E-state index in [0.29, 0.717) is 19.3 Å². The van der Waals surface area contributed by atoms with Crippen LogP contribution in [0.1, 0.15) is 26.2 Å². The number of likely N-dealkylation sites (N-methyl/N-ethyl adjacent to an activating group) is 1. The second-order valence-electron chi connectivity index (χ2n) is 3.87. The van der Waals surface area contributed by atoms with Gasteiger partial charge in [0, 0.05) is 13.5 Å². The van der Waals surface area contributed by atoms with Crippen molar-refractivity contribution in [2.75, 3.05) is 7.05 Å². The second kappa shape index (κ2) is 4.96. The van der Waals surface area contributed by atoms with Crippen molar-refractivity contribution in [2.45, 2.75) is 38.3 Å². The van der Waals surface area contributed by atoms with E-state index in [1.807, 2.05) is 0 Å². The van der Waals surface area contributed by atoms with E-state index in [0.717, 1.165) is 0 Å². The zero-order valence-electron chi connectivity index (χ0n) is 9.40. The molecule has 1 saturated heterocycles. The van der Waals surface area contributed by atoms with Crippen molar-refractivity contribution in [3.8, 4) is 0 Å². The molecule has 0 aromatic carbocycles. The summed E-state index contributed by atoms with van der Waals surface area (Å²) in [6, 6.07) is -1.39. The molecule has 0 radical (unpaired) electrons. The molecule has 0 spiro atoms. The first-order chi connectivity index (χ1) is 7.47. The smallest absolute Gasteiger partial charge is 0.326 e. The number of nitrogens with one attached hydrogen (secondary N) is 1. The fraction of sp³-hybridized carbons (Fsp3) is 0.700. The second-order valence-corrected chi connectivity index (χ2v) is 3.87. The Morgan fingerprint density at radius 2 is 2.25 bits per heavy atom. The molecule has 0 bridgehead atoms. The minimum absolute atomic E-state index is 0.157. The van der Waals surface area contributed by atoms with Gasteiger partial charge in [0.2, 0.25) is 11.8 Å². The van der Waals surface area contributed by atoms with Gasteiger partial charge in [-0.3, -0.25) is 9.59 Å². The first-order valence-corrected chi connectivity index (χ1v) is 5.26. The predicted molar refractivity (Wildman–Crippen MR) is 55.6 cm³/mol. The van der Waals surface area contributed by atoms with Gasteiger partial charge in [-0.05, 0) is 12.8 Å². The first kappa shape index (κ1) is 12.5. The van der Waals surface area contributed by atoms with E-state index < -0.39 is 18.1 Å². The number of amides is 2. The highest BCUT2D eigenvalue weighted by molar-refractivity contribution is 5.92. The lowest BCUT2D eigenvalue weighted by atomic mass is 10.1. The van der Waals surface area contributed by atoms with Crippen LogP contribution < -0.4 is 5.32 Å². The lowest BCUT2D eigenvalue weighted by molar-refractivity contribution is -0.149. The number of carboxylic acid groups (broad SMARTS) is 1. The van der Waals surface area contributed by atoms with Crippen LogP contribution in [0.15, 0.2) is 0 Å². The Kier molecular flexibility index (Phi) is 3.87. The molecule has 6 heteroatoms. The monoisotopic (exact) mass is 228 g/mol. The molecular weight excluding hydrogens is 212 g/mol. The first-order valence-electron chi connectivity index (χ1n) is 5.26. The van der Waals surface area contributed by atoms with Crippen molar-refractivity contribution in [1.29, 1.82) is 0 Å². The van der Waals surface area contributed by atoms with Gasteiger partial charge >= 0.3 is 5.97 Å². The fourth-order valence-corrected chi connectivity index (χ4v) is 1.81. The quantitative estimate of drug-likeness (QED) is 0.684. The Bertz CT molecular complexity index is 316. The third kappa shape index (κ3) is 2.50. The topological polar surface area (TPSA) is 86.7 Å². The molecule has 2 N–H and O–H groups in total. The van der Waals surface area contributed by atoms with Crippen LogP contribution in [0.4, 0.5) is 0 Å². The summed E-state index contributed by atoms with van der Waals surface area (Å²) in [5.74, 6) is -1.52. The van der Waals surface area contributed by atoms with E-state index in [1.165, 1.54) is 11.9 Å². The van der Waals surface area contributed by atoms with Gasteiger partial charge in [-0.2, -0.15) is 0 Å². The highest BCUT2D eigenvalue weighted by Crippen LogP contribution is 2.12. The number of rotatable bonds is 4. The highest BCUT2D eigenvalue weighted by Gasteiger charge is 2.33. The van der Waals surface area contributed by atoms with Gasteiger partial charge in [-0.15, -0.1) is 0 Å². The summed E-state index contributed by atoms with van der Waals surface area (Å²) < 4.78 is 0. The van der Waals surface area contributed by atoms with Crippen molar-refractivity contribution in [2.24, 2.45) is 0 Å². The normalized spacial score (nSPS) is 21.4. The van der Waals surface area contributed by atoms with Crippen LogP contribution >= 0.6 is 0 Å². The van der Waals surface area contributed by atoms with E-state index in [-0.39, 0.29) is 11.8 Å². The van der Waals surface area contributed by atoms with Gasteiger partial charge in [-0.1, -0.05) is 6.92 Å². The summed E-state index contributed by atoms with van der Waals surface area (Å²) >= 11 is 0. The maximum absolute atomic E-state index is 11.8. The SMILES string of the molecule is CCC(C(=O)O)N(C)C(=O)[C@H]1CCC(=O)N1. The van der Waals surface area contributed by atoms with E-state index >= 15 is 0 Å². The van der Waals surface area contributed by atoms with E-state index in [4.69, 9.17) is 5.11 Å². The minimum Gasteiger partial charge on any atom is -0.480 e. The molecule has 0 aromatic rings. The van der Waals surface area contributed by atoms with Crippen LogP contribution in [-0.2, 0) is 14.4 Å². The molecule has 1 heterocycles. The van der Waals surface area contributed by atoms with Crippen molar-refractivity contribution in [3.63, 3.8) is 0 Å². The van der Waals surface area contributed by atoms with E-state index in [9.17, 15) is 14.4 Å². The summed E-state index contributed by atoms with van der Waals surface area (Å²) in [4.78, 5) is 34.9. The van der Waals surface area contributed by atoms with Crippen molar-refractivity contribution < 1.29 is 19.5 Å². The molecule has 16 heavy (non-hydrogen) atoms. The van der Waals surface area contributed by atoms with Crippen LogP contribution in [-0.4, -0.2) is 46.9 Å². The molecule has 0 saturated carbocycles. The molecule has 1 aliphatic heterocycles. The van der Waals surface area contributed by atoms with Crippen LogP contribution in [0, 0.1) is 0 Å². The lowest BCUT2D eigenvalue weighted by Gasteiger charge is -2.26. The number of carbonyl (C=O) groups excluding carboxylic acids is 2. The minimum atomic E-state index is -1.03.